The SMILES string of the molecule is COc1ccc(C(=O)NCCNC(=O)CCc2ccc(Br)cc2)cc1OC. The Balaban J connectivity index is 1.70. The summed E-state index contributed by atoms with van der Waals surface area (Å²) in [6.45, 7) is 0.718. The zero-order valence-corrected chi connectivity index (χ0v) is 17.0. The molecule has 0 spiro atoms. The zero-order chi connectivity index (χ0) is 19.6. The number of hydrogen-bond donors (Lipinski definition) is 2. The molecule has 2 aromatic rings. The lowest BCUT2D eigenvalue weighted by molar-refractivity contribution is -0.121. The van der Waals surface area contributed by atoms with Crippen LogP contribution in [0.4, 0.5) is 0 Å². The van der Waals surface area contributed by atoms with Crippen LogP contribution in [0.3, 0.4) is 0 Å². The van der Waals surface area contributed by atoms with Gasteiger partial charge in [0, 0.05) is 29.5 Å². The van der Waals surface area contributed by atoms with E-state index in [2.05, 4.69) is 26.6 Å². The van der Waals surface area contributed by atoms with Gasteiger partial charge in [-0.1, -0.05) is 28.1 Å². The molecule has 144 valence electrons. The molecule has 0 aliphatic heterocycles. The second-order valence-corrected chi connectivity index (χ2v) is 6.72. The molecule has 0 aliphatic carbocycles. The lowest BCUT2D eigenvalue weighted by Gasteiger charge is -2.10. The molecule has 2 N–H and O–H groups in total. The third kappa shape index (κ3) is 6.60. The van der Waals surface area contributed by atoms with Gasteiger partial charge in [-0.05, 0) is 42.3 Å². The molecular formula is C20H23BrN2O4. The van der Waals surface area contributed by atoms with E-state index in [4.69, 9.17) is 9.47 Å². The van der Waals surface area contributed by atoms with Gasteiger partial charge in [0.05, 0.1) is 14.2 Å². The molecule has 0 bridgehead atoms. The number of hydrogen-bond acceptors (Lipinski definition) is 4. The fourth-order valence-electron chi connectivity index (χ4n) is 2.45. The van der Waals surface area contributed by atoms with Crippen LogP contribution in [0, 0.1) is 0 Å². The van der Waals surface area contributed by atoms with Gasteiger partial charge in [-0.3, -0.25) is 9.59 Å². The van der Waals surface area contributed by atoms with Crippen LogP contribution in [0.5, 0.6) is 11.5 Å². The van der Waals surface area contributed by atoms with Crippen LogP contribution in [-0.4, -0.2) is 39.1 Å². The number of amides is 2. The first kappa shape index (κ1) is 20.8. The Hall–Kier alpha value is -2.54. The van der Waals surface area contributed by atoms with Crippen LogP contribution >= 0.6 is 15.9 Å². The third-order valence-corrected chi connectivity index (χ3v) is 4.46. The molecule has 2 aromatic carbocycles. The van der Waals surface area contributed by atoms with Crippen molar-refractivity contribution in [2.75, 3.05) is 27.3 Å². The standard InChI is InChI=1S/C20H23BrN2O4/c1-26-17-9-6-15(13-18(17)27-2)20(25)23-12-11-22-19(24)10-5-14-3-7-16(21)8-4-14/h3-4,6-9,13H,5,10-12H2,1-2H3,(H,22,24)(H,23,25). The van der Waals surface area contributed by atoms with Gasteiger partial charge < -0.3 is 20.1 Å². The molecule has 0 fully saturated rings. The first-order chi connectivity index (χ1) is 13.0. The summed E-state index contributed by atoms with van der Waals surface area (Å²) >= 11 is 3.38. The van der Waals surface area contributed by atoms with Crippen molar-refractivity contribution in [1.82, 2.24) is 10.6 Å². The summed E-state index contributed by atoms with van der Waals surface area (Å²) in [6.07, 6.45) is 1.09. The minimum Gasteiger partial charge on any atom is -0.493 e. The summed E-state index contributed by atoms with van der Waals surface area (Å²) in [5, 5.41) is 5.57. The quantitative estimate of drug-likeness (QED) is 0.594. The Morgan fingerprint density at radius 1 is 0.926 bits per heavy atom. The maximum Gasteiger partial charge on any atom is 0.251 e. The highest BCUT2D eigenvalue weighted by Gasteiger charge is 2.10. The molecule has 0 saturated heterocycles. The van der Waals surface area contributed by atoms with Gasteiger partial charge in [0.15, 0.2) is 11.5 Å². The number of methoxy groups -OCH3 is 2. The number of nitrogens with one attached hydrogen (secondary N) is 2. The first-order valence-electron chi connectivity index (χ1n) is 8.55. The maximum atomic E-state index is 12.2. The highest BCUT2D eigenvalue weighted by molar-refractivity contribution is 9.10. The molecule has 2 amide bonds. The van der Waals surface area contributed by atoms with Gasteiger partial charge in [-0.2, -0.15) is 0 Å². The smallest absolute Gasteiger partial charge is 0.251 e. The van der Waals surface area contributed by atoms with Crippen molar-refractivity contribution in [3.63, 3.8) is 0 Å². The van der Waals surface area contributed by atoms with Gasteiger partial charge in [0.2, 0.25) is 5.91 Å². The number of rotatable bonds is 9. The van der Waals surface area contributed by atoms with E-state index in [0.29, 0.717) is 43.0 Å². The molecule has 0 atom stereocenters. The zero-order valence-electron chi connectivity index (χ0n) is 15.4. The van der Waals surface area contributed by atoms with Crippen molar-refractivity contribution >= 4 is 27.7 Å². The Morgan fingerprint density at radius 2 is 1.59 bits per heavy atom. The highest BCUT2D eigenvalue weighted by atomic mass is 79.9. The topological polar surface area (TPSA) is 76.7 Å². The second-order valence-electron chi connectivity index (χ2n) is 5.80. The summed E-state index contributed by atoms with van der Waals surface area (Å²) in [6, 6.07) is 12.8. The number of aryl methyl sites for hydroxylation is 1. The van der Waals surface area contributed by atoms with Crippen LogP contribution in [0.15, 0.2) is 46.9 Å². The minimum atomic E-state index is -0.236. The van der Waals surface area contributed by atoms with Crippen LogP contribution in [0.25, 0.3) is 0 Å². The van der Waals surface area contributed by atoms with Gasteiger partial charge in [0.1, 0.15) is 0 Å². The highest BCUT2D eigenvalue weighted by Crippen LogP contribution is 2.27. The van der Waals surface area contributed by atoms with E-state index in [9.17, 15) is 9.59 Å². The summed E-state index contributed by atoms with van der Waals surface area (Å²) in [4.78, 5) is 24.1. The van der Waals surface area contributed by atoms with E-state index in [1.165, 1.54) is 14.2 Å². The van der Waals surface area contributed by atoms with Crippen molar-refractivity contribution < 1.29 is 19.1 Å². The Labute approximate surface area is 167 Å². The first-order valence-corrected chi connectivity index (χ1v) is 9.34. The summed E-state index contributed by atoms with van der Waals surface area (Å²) in [7, 11) is 3.06. The summed E-state index contributed by atoms with van der Waals surface area (Å²) < 4.78 is 11.4. The molecule has 27 heavy (non-hydrogen) atoms. The summed E-state index contributed by atoms with van der Waals surface area (Å²) in [5.74, 6) is 0.775. The number of halogens is 1. The number of carbonyl (C=O) groups is 2. The van der Waals surface area contributed by atoms with E-state index >= 15 is 0 Å². The molecular weight excluding hydrogens is 412 g/mol. The van der Waals surface area contributed by atoms with Crippen molar-refractivity contribution in [3.8, 4) is 11.5 Å². The maximum absolute atomic E-state index is 12.2. The monoisotopic (exact) mass is 434 g/mol. The normalized spacial score (nSPS) is 10.2. The third-order valence-electron chi connectivity index (χ3n) is 3.93. The number of benzene rings is 2. The van der Waals surface area contributed by atoms with E-state index in [1.807, 2.05) is 24.3 Å². The van der Waals surface area contributed by atoms with Crippen molar-refractivity contribution in [2.24, 2.45) is 0 Å². The Kier molecular flexibility index (Phi) is 8.13. The molecule has 0 radical (unpaired) electrons. The predicted molar refractivity (Wildman–Crippen MR) is 107 cm³/mol. The second kappa shape index (κ2) is 10.6. The van der Waals surface area contributed by atoms with Gasteiger partial charge >= 0.3 is 0 Å². The predicted octanol–water partition coefficient (Wildman–Crippen LogP) is 2.95. The van der Waals surface area contributed by atoms with E-state index < -0.39 is 0 Å². The van der Waals surface area contributed by atoms with Crippen molar-refractivity contribution in [3.05, 3.63) is 58.1 Å². The number of ether oxygens (including phenoxy) is 2. The Morgan fingerprint density at radius 3 is 2.26 bits per heavy atom. The average molecular weight is 435 g/mol. The summed E-state index contributed by atoms with van der Waals surface area (Å²) in [5.41, 5.74) is 1.57. The number of carbonyl (C=O) groups excluding carboxylic acids is 2. The molecule has 0 heterocycles. The van der Waals surface area contributed by atoms with Crippen LogP contribution in [-0.2, 0) is 11.2 Å². The molecule has 0 unspecified atom stereocenters. The van der Waals surface area contributed by atoms with Gasteiger partial charge in [0.25, 0.3) is 5.91 Å². The van der Waals surface area contributed by atoms with E-state index in [1.54, 1.807) is 18.2 Å². The largest absolute Gasteiger partial charge is 0.493 e. The fourth-order valence-corrected chi connectivity index (χ4v) is 2.72. The lowest BCUT2D eigenvalue weighted by atomic mass is 10.1. The molecule has 0 saturated carbocycles. The van der Waals surface area contributed by atoms with Crippen LogP contribution < -0.4 is 20.1 Å². The van der Waals surface area contributed by atoms with Gasteiger partial charge in [-0.15, -0.1) is 0 Å². The minimum absolute atomic E-state index is 0.0433. The lowest BCUT2D eigenvalue weighted by Crippen LogP contribution is -2.34. The van der Waals surface area contributed by atoms with E-state index in [0.717, 1.165) is 10.0 Å². The van der Waals surface area contributed by atoms with E-state index in [-0.39, 0.29) is 11.8 Å². The molecule has 2 rings (SSSR count). The fraction of sp³-hybridized carbons (Fsp3) is 0.300. The van der Waals surface area contributed by atoms with Crippen molar-refractivity contribution in [2.45, 2.75) is 12.8 Å². The molecule has 0 aromatic heterocycles. The average Bonchev–Trinajstić information content (AvgIpc) is 2.70. The van der Waals surface area contributed by atoms with Gasteiger partial charge in [-0.25, -0.2) is 0 Å². The molecule has 7 heteroatoms. The molecule has 0 aliphatic rings. The molecule has 6 nitrogen and oxygen atoms in total. The Bertz CT molecular complexity index is 778. The van der Waals surface area contributed by atoms with Crippen LogP contribution in [0.1, 0.15) is 22.3 Å². The van der Waals surface area contributed by atoms with Crippen molar-refractivity contribution in [1.29, 1.82) is 0 Å². The van der Waals surface area contributed by atoms with Crippen LogP contribution in [0.2, 0.25) is 0 Å².